The van der Waals surface area contributed by atoms with E-state index >= 15 is 0 Å². The molecule has 0 spiro atoms. The Morgan fingerprint density at radius 2 is 1.91 bits per heavy atom. The first-order valence-corrected chi connectivity index (χ1v) is 11.0. The Kier molecular flexibility index (Phi) is 7.81. The van der Waals surface area contributed by atoms with Gasteiger partial charge in [0.25, 0.3) is 6.47 Å². The van der Waals surface area contributed by atoms with Gasteiger partial charge >= 0.3 is 6.18 Å². The lowest BCUT2D eigenvalue weighted by atomic mass is 9.93. The normalized spacial score (nSPS) is 18.7. The molecule has 4 rings (SSSR count). The number of allylic oxidation sites excluding steroid dienone is 5. The molecule has 1 atom stereocenters. The molecule has 180 valence electrons. The predicted molar refractivity (Wildman–Crippen MR) is 128 cm³/mol. The second-order valence-electron chi connectivity index (χ2n) is 8.31. The van der Waals surface area contributed by atoms with Crippen molar-refractivity contribution in [3.63, 3.8) is 0 Å². The highest BCUT2D eigenvalue weighted by atomic mass is 19.4. The number of para-hydroxylation sites is 1. The third-order valence-corrected chi connectivity index (χ3v) is 5.74. The van der Waals surface area contributed by atoms with Gasteiger partial charge in [-0.15, -0.1) is 0 Å². The fourth-order valence-corrected chi connectivity index (χ4v) is 4.14. The smallest absolute Gasteiger partial charge is 0.412 e. The topological polar surface area (TPSA) is 64.9 Å². The molecule has 34 heavy (non-hydrogen) atoms. The van der Waals surface area contributed by atoms with Gasteiger partial charge in [0.2, 0.25) is 0 Å². The lowest BCUT2D eigenvalue weighted by molar-refractivity contribution is -0.133. The zero-order valence-electron chi connectivity index (χ0n) is 19.2. The van der Waals surface area contributed by atoms with Crippen LogP contribution in [-0.2, 0) is 4.79 Å². The lowest BCUT2D eigenvalue weighted by Crippen LogP contribution is -2.45. The highest BCUT2D eigenvalue weighted by Gasteiger charge is 2.46. The van der Waals surface area contributed by atoms with E-state index < -0.39 is 12.2 Å². The van der Waals surface area contributed by atoms with Crippen LogP contribution in [0.3, 0.4) is 0 Å². The van der Waals surface area contributed by atoms with Gasteiger partial charge in [-0.25, -0.2) is 4.99 Å². The van der Waals surface area contributed by atoms with Crippen molar-refractivity contribution in [2.75, 3.05) is 5.32 Å². The fraction of sp³-hybridized carbons (Fsp3) is 0.308. The Morgan fingerprint density at radius 3 is 2.53 bits per heavy atom. The summed E-state index contributed by atoms with van der Waals surface area (Å²) >= 11 is 0. The summed E-state index contributed by atoms with van der Waals surface area (Å²) in [5.74, 6) is 0.281. The number of aliphatic imine (C=N–C) groups is 1. The molecule has 2 heterocycles. The number of halogens is 3. The first-order valence-electron chi connectivity index (χ1n) is 11.0. The summed E-state index contributed by atoms with van der Waals surface area (Å²) in [5, 5.41) is 9.62. The molecule has 1 aliphatic carbocycles. The highest BCUT2D eigenvalue weighted by Crippen LogP contribution is 2.37. The van der Waals surface area contributed by atoms with Crippen molar-refractivity contribution in [3.8, 4) is 0 Å². The number of carboxylic acid groups (broad SMARTS) is 1. The molecule has 0 saturated carbocycles. The molecule has 0 aromatic heterocycles. The van der Waals surface area contributed by atoms with E-state index in [1.807, 2.05) is 12.1 Å². The monoisotopic (exact) mass is 471 g/mol. The van der Waals surface area contributed by atoms with Crippen molar-refractivity contribution in [2.45, 2.75) is 51.7 Å². The molecule has 8 heteroatoms. The summed E-state index contributed by atoms with van der Waals surface area (Å²) in [6, 6.07) is 5.09. The van der Waals surface area contributed by atoms with Crippen LogP contribution in [0.2, 0.25) is 0 Å². The number of nitrogens with zero attached hydrogens (tertiary/aromatic N) is 2. The number of alkyl halides is 3. The molecule has 0 amide bonds. The minimum Gasteiger partial charge on any atom is -0.483 e. The van der Waals surface area contributed by atoms with Crippen molar-refractivity contribution in [1.82, 2.24) is 4.90 Å². The molecule has 1 aromatic rings. The number of aryl methyl sites for hydroxylation is 1. The Morgan fingerprint density at radius 1 is 1.21 bits per heavy atom. The van der Waals surface area contributed by atoms with E-state index in [9.17, 15) is 13.2 Å². The van der Waals surface area contributed by atoms with Gasteiger partial charge in [-0.2, -0.15) is 13.2 Å². The highest BCUT2D eigenvalue weighted by molar-refractivity contribution is 6.05. The Bertz CT molecular complexity index is 1110. The SMILES string of the molecule is C=C1C=C(C2=CCCCC2)N=C2C(C(Nc3ccccc3C)C(F)(F)F)=CC(C)=CN12.O=CO. The van der Waals surface area contributed by atoms with Crippen LogP contribution in [0.1, 0.15) is 38.2 Å². The van der Waals surface area contributed by atoms with Gasteiger partial charge in [0, 0.05) is 23.2 Å². The van der Waals surface area contributed by atoms with Gasteiger partial charge in [-0.05, 0) is 74.5 Å². The molecule has 0 radical (unpaired) electrons. The maximum absolute atomic E-state index is 14.3. The van der Waals surface area contributed by atoms with Crippen LogP contribution in [-0.4, -0.2) is 34.5 Å². The summed E-state index contributed by atoms with van der Waals surface area (Å²) in [5.41, 5.74) is 4.43. The Balaban J connectivity index is 0.00000103. The van der Waals surface area contributed by atoms with E-state index in [0.717, 1.165) is 36.8 Å². The first-order chi connectivity index (χ1) is 16.2. The average Bonchev–Trinajstić information content (AvgIpc) is 2.79. The third kappa shape index (κ3) is 5.68. The van der Waals surface area contributed by atoms with Crippen LogP contribution in [0.4, 0.5) is 18.9 Å². The van der Waals surface area contributed by atoms with E-state index in [1.54, 1.807) is 49.2 Å². The van der Waals surface area contributed by atoms with E-state index in [2.05, 4.69) is 18.0 Å². The first kappa shape index (κ1) is 25.1. The minimum absolute atomic E-state index is 0.0962. The van der Waals surface area contributed by atoms with Gasteiger partial charge in [-0.1, -0.05) is 30.9 Å². The van der Waals surface area contributed by atoms with Gasteiger partial charge in [0.05, 0.1) is 5.70 Å². The molecule has 0 fully saturated rings. The lowest BCUT2D eigenvalue weighted by Gasteiger charge is -2.36. The largest absolute Gasteiger partial charge is 0.483 e. The zero-order chi connectivity index (χ0) is 24.9. The molecule has 0 saturated heterocycles. The van der Waals surface area contributed by atoms with E-state index in [-0.39, 0.29) is 17.9 Å². The van der Waals surface area contributed by atoms with Gasteiger partial charge < -0.3 is 15.3 Å². The molecular weight excluding hydrogens is 443 g/mol. The van der Waals surface area contributed by atoms with Crippen LogP contribution in [0.15, 0.2) is 88.4 Å². The van der Waals surface area contributed by atoms with Crippen LogP contribution in [0.25, 0.3) is 0 Å². The fourth-order valence-electron chi connectivity index (χ4n) is 4.14. The van der Waals surface area contributed by atoms with Crippen molar-refractivity contribution >= 4 is 18.0 Å². The number of fused-ring (bicyclic) bond motifs is 1. The number of nitrogens with one attached hydrogen (secondary N) is 1. The van der Waals surface area contributed by atoms with Crippen LogP contribution in [0.5, 0.6) is 0 Å². The van der Waals surface area contributed by atoms with E-state index in [4.69, 9.17) is 14.9 Å². The number of hydrogen-bond donors (Lipinski definition) is 2. The zero-order valence-corrected chi connectivity index (χ0v) is 19.2. The van der Waals surface area contributed by atoms with Crippen LogP contribution >= 0.6 is 0 Å². The molecule has 1 unspecified atom stereocenters. The Hall–Kier alpha value is -3.55. The molecule has 1 aromatic carbocycles. The number of rotatable bonds is 4. The van der Waals surface area contributed by atoms with Crippen molar-refractivity contribution in [3.05, 3.63) is 88.9 Å². The van der Waals surface area contributed by atoms with E-state index in [1.165, 1.54) is 0 Å². The summed E-state index contributed by atoms with van der Waals surface area (Å²) in [4.78, 5) is 14.7. The maximum atomic E-state index is 14.3. The van der Waals surface area contributed by atoms with Crippen LogP contribution in [0, 0.1) is 6.92 Å². The summed E-state index contributed by atoms with van der Waals surface area (Å²) in [6.07, 6.45) is 6.90. The van der Waals surface area contributed by atoms with E-state index in [0.29, 0.717) is 22.7 Å². The third-order valence-electron chi connectivity index (χ3n) is 5.74. The summed E-state index contributed by atoms with van der Waals surface area (Å²) in [6.45, 7) is 7.43. The van der Waals surface area contributed by atoms with Gasteiger partial charge in [-0.3, -0.25) is 4.79 Å². The number of carbonyl (C=O) groups is 1. The molecule has 2 aliphatic heterocycles. The van der Waals surface area contributed by atoms with Crippen molar-refractivity contribution in [1.29, 1.82) is 0 Å². The predicted octanol–water partition coefficient (Wildman–Crippen LogP) is 6.49. The standard InChI is InChI=1S/C25H26F3N3.CH2O2/c1-16-13-20(23(25(26,27)28)29-21-12-8-7-9-17(21)2)24-30-22(14-18(3)31(24)15-16)19-10-5-4-6-11-19;2-1-3/h7-10,12-15,23,29H,3-6,11H2,1-2H3;1H,(H,2,3). The second-order valence-corrected chi connectivity index (χ2v) is 8.31. The van der Waals surface area contributed by atoms with Crippen molar-refractivity contribution in [2.24, 2.45) is 4.99 Å². The van der Waals surface area contributed by atoms with Crippen molar-refractivity contribution < 1.29 is 23.1 Å². The summed E-state index contributed by atoms with van der Waals surface area (Å²) < 4.78 is 42.9. The average molecular weight is 472 g/mol. The summed E-state index contributed by atoms with van der Waals surface area (Å²) in [7, 11) is 0. The maximum Gasteiger partial charge on any atom is 0.412 e. The molecule has 3 aliphatic rings. The molecule has 5 nitrogen and oxygen atoms in total. The number of benzene rings is 1. The molecular formula is C26H28F3N3O2. The molecule has 0 bridgehead atoms. The second kappa shape index (κ2) is 10.6. The number of hydrogen-bond acceptors (Lipinski definition) is 4. The minimum atomic E-state index is -4.51. The van der Waals surface area contributed by atoms with Crippen LogP contribution < -0.4 is 5.32 Å². The van der Waals surface area contributed by atoms with Gasteiger partial charge in [0.15, 0.2) is 6.04 Å². The quantitative estimate of drug-likeness (QED) is 0.493. The molecule has 2 N–H and O–H groups in total. The Labute approximate surface area is 197 Å². The number of anilines is 1. The number of amidine groups is 1. The van der Waals surface area contributed by atoms with Gasteiger partial charge in [0.1, 0.15) is 5.84 Å².